The minimum absolute atomic E-state index is 0.359. The van der Waals surface area contributed by atoms with Crippen LogP contribution >= 0.6 is 0 Å². The Morgan fingerprint density at radius 2 is 1.56 bits per heavy atom. The molecule has 0 saturated carbocycles. The van der Waals surface area contributed by atoms with Gasteiger partial charge in [-0.05, 0) is 65.7 Å². The van der Waals surface area contributed by atoms with Gasteiger partial charge in [-0.25, -0.2) is 0 Å². The predicted octanol–water partition coefficient (Wildman–Crippen LogP) is 6.64. The molecule has 0 aliphatic heterocycles. The molecule has 0 atom stereocenters. The SMILES string of the molecule is O=C(Nc1ccc(OCCc2ccccn2)cc1)c1ccccc1-c1ccc(C(F)(F)F)cc1. The summed E-state index contributed by atoms with van der Waals surface area (Å²) in [5.74, 6) is 0.304. The number of carbonyl (C=O) groups excluding carboxylic acids is 1. The largest absolute Gasteiger partial charge is 0.493 e. The third-order valence-electron chi connectivity index (χ3n) is 5.16. The number of hydrogen-bond acceptors (Lipinski definition) is 3. The zero-order chi connectivity index (χ0) is 24.0. The quantitative estimate of drug-likeness (QED) is 0.335. The number of halogens is 3. The van der Waals surface area contributed by atoms with Gasteiger partial charge in [0.05, 0.1) is 12.2 Å². The van der Waals surface area contributed by atoms with E-state index in [4.69, 9.17) is 4.74 Å². The van der Waals surface area contributed by atoms with E-state index in [1.54, 1.807) is 54.7 Å². The van der Waals surface area contributed by atoms with E-state index < -0.39 is 11.7 Å². The molecule has 0 fully saturated rings. The van der Waals surface area contributed by atoms with E-state index in [1.807, 2.05) is 18.2 Å². The fourth-order valence-corrected chi connectivity index (χ4v) is 3.42. The van der Waals surface area contributed by atoms with Crippen LogP contribution in [0, 0.1) is 0 Å². The summed E-state index contributed by atoms with van der Waals surface area (Å²) in [6, 6.07) is 24.2. The van der Waals surface area contributed by atoms with E-state index in [1.165, 1.54) is 12.1 Å². The van der Waals surface area contributed by atoms with Crippen molar-refractivity contribution in [1.29, 1.82) is 0 Å². The summed E-state index contributed by atoms with van der Waals surface area (Å²) in [6.07, 6.45) is -1.99. The van der Waals surface area contributed by atoms with E-state index in [2.05, 4.69) is 10.3 Å². The highest BCUT2D eigenvalue weighted by atomic mass is 19.4. The fourth-order valence-electron chi connectivity index (χ4n) is 3.42. The van der Waals surface area contributed by atoms with Crippen LogP contribution in [0.5, 0.6) is 5.75 Å². The molecule has 1 aromatic heterocycles. The molecule has 0 spiro atoms. The molecular weight excluding hydrogens is 441 g/mol. The maximum atomic E-state index is 12.9. The molecule has 0 bridgehead atoms. The first-order chi connectivity index (χ1) is 16.4. The first-order valence-corrected chi connectivity index (χ1v) is 10.6. The monoisotopic (exact) mass is 462 g/mol. The van der Waals surface area contributed by atoms with Crippen molar-refractivity contribution in [1.82, 2.24) is 4.98 Å². The van der Waals surface area contributed by atoms with Crippen LogP contribution in [0.1, 0.15) is 21.6 Å². The lowest BCUT2D eigenvalue weighted by molar-refractivity contribution is -0.137. The van der Waals surface area contributed by atoms with Crippen LogP contribution in [0.3, 0.4) is 0 Å². The third-order valence-corrected chi connectivity index (χ3v) is 5.16. The summed E-state index contributed by atoms with van der Waals surface area (Å²) >= 11 is 0. The Bertz CT molecular complexity index is 1240. The smallest absolute Gasteiger partial charge is 0.416 e. The van der Waals surface area contributed by atoms with Crippen LogP contribution in [0.4, 0.5) is 18.9 Å². The number of ether oxygens (including phenoxy) is 1. The second-order valence-corrected chi connectivity index (χ2v) is 7.52. The molecule has 0 unspecified atom stereocenters. The lowest BCUT2D eigenvalue weighted by Gasteiger charge is -2.12. The van der Waals surface area contributed by atoms with Crippen molar-refractivity contribution < 1.29 is 22.7 Å². The van der Waals surface area contributed by atoms with Gasteiger partial charge in [0, 0.05) is 29.6 Å². The van der Waals surface area contributed by atoms with Gasteiger partial charge in [-0.2, -0.15) is 13.2 Å². The number of aromatic nitrogens is 1. The van der Waals surface area contributed by atoms with Crippen LogP contribution in [-0.2, 0) is 12.6 Å². The first kappa shape index (κ1) is 23.0. The van der Waals surface area contributed by atoms with Gasteiger partial charge in [0.25, 0.3) is 5.91 Å². The Balaban J connectivity index is 1.41. The maximum absolute atomic E-state index is 12.9. The number of rotatable bonds is 7. The van der Waals surface area contributed by atoms with E-state index in [9.17, 15) is 18.0 Å². The average molecular weight is 462 g/mol. The first-order valence-electron chi connectivity index (χ1n) is 10.6. The number of pyridine rings is 1. The van der Waals surface area contributed by atoms with Crippen molar-refractivity contribution in [2.45, 2.75) is 12.6 Å². The fraction of sp³-hybridized carbons (Fsp3) is 0.111. The van der Waals surface area contributed by atoms with E-state index in [0.717, 1.165) is 17.8 Å². The number of nitrogens with one attached hydrogen (secondary N) is 1. The van der Waals surface area contributed by atoms with Crippen molar-refractivity contribution in [2.24, 2.45) is 0 Å². The average Bonchev–Trinajstić information content (AvgIpc) is 2.85. The summed E-state index contributed by atoms with van der Waals surface area (Å²) in [6.45, 7) is 0.475. The number of benzene rings is 3. The summed E-state index contributed by atoms with van der Waals surface area (Å²) in [7, 11) is 0. The topological polar surface area (TPSA) is 51.2 Å². The zero-order valence-electron chi connectivity index (χ0n) is 18.0. The summed E-state index contributed by atoms with van der Waals surface area (Å²) in [5, 5.41) is 2.83. The van der Waals surface area contributed by atoms with Gasteiger partial charge in [0.15, 0.2) is 0 Å². The Morgan fingerprint density at radius 3 is 2.24 bits per heavy atom. The highest BCUT2D eigenvalue weighted by molar-refractivity contribution is 6.08. The normalized spacial score (nSPS) is 11.1. The Kier molecular flexibility index (Phi) is 6.92. The Labute approximate surface area is 195 Å². The van der Waals surface area contributed by atoms with Gasteiger partial charge >= 0.3 is 6.18 Å². The van der Waals surface area contributed by atoms with Crippen LogP contribution in [-0.4, -0.2) is 17.5 Å². The lowest BCUT2D eigenvalue weighted by atomic mass is 9.98. The van der Waals surface area contributed by atoms with Gasteiger partial charge in [0.2, 0.25) is 0 Å². The van der Waals surface area contributed by atoms with Crippen LogP contribution < -0.4 is 10.1 Å². The zero-order valence-corrected chi connectivity index (χ0v) is 18.0. The van der Waals surface area contributed by atoms with Gasteiger partial charge in [0.1, 0.15) is 5.75 Å². The van der Waals surface area contributed by atoms with Crippen LogP contribution in [0.15, 0.2) is 97.2 Å². The number of nitrogens with zero attached hydrogens (tertiary/aromatic N) is 1. The van der Waals surface area contributed by atoms with E-state index in [0.29, 0.717) is 41.2 Å². The third kappa shape index (κ3) is 5.81. The second kappa shape index (κ2) is 10.2. The molecule has 1 amide bonds. The molecule has 0 aliphatic rings. The molecule has 4 rings (SSSR count). The Hall–Kier alpha value is -4.13. The second-order valence-electron chi connectivity index (χ2n) is 7.52. The highest BCUT2D eigenvalue weighted by Crippen LogP contribution is 2.32. The Morgan fingerprint density at radius 1 is 0.853 bits per heavy atom. The van der Waals surface area contributed by atoms with Crippen molar-refractivity contribution in [3.8, 4) is 16.9 Å². The van der Waals surface area contributed by atoms with Crippen molar-refractivity contribution >= 4 is 11.6 Å². The van der Waals surface area contributed by atoms with Gasteiger partial charge in [-0.3, -0.25) is 9.78 Å². The van der Waals surface area contributed by atoms with Crippen molar-refractivity contribution in [3.63, 3.8) is 0 Å². The molecule has 7 heteroatoms. The molecule has 172 valence electrons. The molecule has 4 nitrogen and oxygen atoms in total. The predicted molar refractivity (Wildman–Crippen MR) is 125 cm³/mol. The van der Waals surface area contributed by atoms with Crippen LogP contribution in [0.2, 0.25) is 0 Å². The standard InChI is InChI=1S/C27H21F3N2O2/c28-27(29,30)20-10-8-19(9-11-20)24-6-1-2-7-25(24)26(33)32-22-12-14-23(15-13-22)34-18-16-21-5-3-4-17-31-21/h1-15,17H,16,18H2,(H,32,33). The van der Waals surface area contributed by atoms with E-state index in [-0.39, 0.29) is 5.91 Å². The molecule has 1 heterocycles. The molecular formula is C27H21F3N2O2. The molecule has 3 aromatic carbocycles. The molecule has 0 aliphatic carbocycles. The summed E-state index contributed by atoms with van der Waals surface area (Å²) in [4.78, 5) is 17.2. The van der Waals surface area contributed by atoms with Crippen molar-refractivity contribution in [2.75, 3.05) is 11.9 Å². The number of alkyl halides is 3. The van der Waals surface area contributed by atoms with Gasteiger partial charge < -0.3 is 10.1 Å². The molecule has 4 aromatic rings. The minimum atomic E-state index is -4.41. The van der Waals surface area contributed by atoms with E-state index >= 15 is 0 Å². The highest BCUT2D eigenvalue weighted by Gasteiger charge is 2.30. The van der Waals surface area contributed by atoms with Gasteiger partial charge in [-0.15, -0.1) is 0 Å². The summed E-state index contributed by atoms with van der Waals surface area (Å²) in [5.41, 5.74) is 2.21. The van der Waals surface area contributed by atoms with Gasteiger partial charge in [-0.1, -0.05) is 36.4 Å². The minimum Gasteiger partial charge on any atom is -0.493 e. The molecule has 34 heavy (non-hydrogen) atoms. The number of amides is 1. The molecule has 1 N–H and O–H groups in total. The van der Waals surface area contributed by atoms with Crippen LogP contribution in [0.25, 0.3) is 11.1 Å². The lowest BCUT2D eigenvalue weighted by Crippen LogP contribution is -2.13. The number of hydrogen-bond donors (Lipinski definition) is 1. The molecule has 0 radical (unpaired) electrons. The number of anilines is 1. The molecule has 0 saturated heterocycles. The summed E-state index contributed by atoms with van der Waals surface area (Å²) < 4.78 is 44.3. The van der Waals surface area contributed by atoms with Crippen molar-refractivity contribution in [3.05, 3.63) is 114 Å². The maximum Gasteiger partial charge on any atom is 0.416 e. The number of carbonyl (C=O) groups is 1.